The fraction of sp³-hybridized carbons (Fsp3) is 0.250. The first-order chi connectivity index (χ1) is 15.0. The third-order valence-corrected chi connectivity index (χ3v) is 5.44. The molecule has 0 aliphatic carbocycles. The van der Waals surface area contributed by atoms with Gasteiger partial charge in [-0.05, 0) is 61.7 Å². The Hall–Kier alpha value is -2.76. The van der Waals surface area contributed by atoms with Gasteiger partial charge >= 0.3 is 5.97 Å². The van der Waals surface area contributed by atoms with Crippen LogP contribution in [-0.2, 0) is 16.0 Å². The Morgan fingerprint density at radius 1 is 1.06 bits per heavy atom. The molecule has 3 rings (SSSR count). The molecule has 0 radical (unpaired) electrons. The van der Waals surface area contributed by atoms with Crippen LogP contribution < -0.4 is 10.1 Å². The highest BCUT2D eigenvalue weighted by molar-refractivity contribution is 6.42. The zero-order valence-corrected chi connectivity index (χ0v) is 18.9. The summed E-state index contributed by atoms with van der Waals surface area (Å²) in [7, 11) is 0. The number of aromatic nitrogens is 1. The third kappa shape index (κ3) is 6.61. The van der Waals surface area contributed by atoms with Crippen LogP contribution in [0, 0.1) is 0 Å². The number of ether oxygens (including phenoxy) is 2. The Kier molecular flexibility index (Phi) is 8.15. The molecule has 0 aliphatic heterocycles. The van der Waals surface area contributed by atoms with E-state index < -0.39 is 0 Å². The van der Waals surface area contributed by atoms with Crippen LogP contribution in [0.4, 0.5) is 5.69 Å². The number of anilines is 1. The molecule has 0 bridgehead atoms. The summed E-state index contributed by atoms with van der Waals surface area (Å²) in [5, 5.41) is 4.44. The van der Waals surface area contributed by atoms with E-state index in [0.29, 0.717) is 28.3 Å². The van der Waals surface area contributed by atoms with Crippen LogP contribution in [0.25, 0.3) is 0 Å². The van der Waals surface area contributed by atoms with Gasteiger partial charge in [0.2, 0.25) is 5.88 Å². The van der Waals surface area contributed by atoms with Gasteiger partial charge in [0, 0.05) is 12.6 Å². The monoisotopic (exact) mass is 458 g/mol. The Labute approximate surface area is 192 Å². The lowest BCUT2D eigenvalue weighted by molar-refractivity contribution is -0.144. The molecule has 1 unspecified atom stereocenters. The summed E-state index contributed by atoms with van der Waals surface area (Å²) >= 11 is 12.0. The first-order valence-corrected chi connectivity index (χ1v) is 10.8. The minimum atomic E-state index is -0.318. The lowest BCUT2D eigenvalue weighted by Gasteiger charge is -2.12. The summed E-state index contributed by atoms with van der Waals surface area (Å²) in [5.74, 6) is 0.579. The lowest BCUT2D eigenvalue weighted by atomic mass is 10.0. The van der Waals surface area contributed by atoms with E-state index in [1.54, 1.807) is 25.3 Å². The predicted octanol–water partition coefficient (Wildman–Crippen LogP) is 6.50. The molecule has 0 aliphatic rings. The molecule has 2 aromatic carbocycles. The van der Waals surface area contributed by atoms with Crippen LogP contribution >= 0.6 is 23.2 Å². The second-order valence-electron chi connectivity index (χ2n) is 6.96. The van der Waals surface area contributed by atoms with E-state index in [-0.39, 0.29) is 11.9 Å². The maximum Gasteiger partial charge on any atom is 0.313 e. The smallest absolute Gasteiger partial charge is 0.313 e. The van der Waals surface area contributed by atoms with Crippen LogP contribution in [0.15, 0.2) is 60.8 Å². The summed E-state index contributed by atoms with van der Waals surface area (Å²) < 4.78 is 10.9. The summed E-state index contributed by atoms with van der Waals surface area (Å²) in [6.07, 6.45) is 2.53. The number of nitrogens with zero attached hydrogens (tertiary/aromatic N) is 1. The fourth-order valence-electron chi connectivity index (χ4n) is 2.94. The number of benzene rings is 2. The van der Waals surface area contributed by atoms with Gasteiger partial charge < -0.3 is 14.8 Å². The minimum absolute atomic E-state index is 0.236. The number of carbonyl (C=O) groups excluding carboxylic acids is 1. The second kappa shape index (κ2) is 11.0. The Morgan fingerprint density at radius 2 is 1.84 bits per heavy atom. The maximum atomic E-state index is 11.9. The van der Waals surface area contributed by atoms with Gasteiger partial charge in [0.1, 0.15) is 5.75 Å². The van der Waals surface area contributed by atoms with Gasteiger partial charge in [-0.25, -0.2) is 4.98 Å². The molecule has 0 fully saturated rings. The average molecular weight is 459 g/mol. The summed E-state index contributed by atoms with van der Waals surface area (Å²) in [6, 6.07) is 16.7. The zero-order chi connectivity index (χ0) is 22.2. The third-order valence-electron chi connectivity index (χ3n) is 4.71. The highest BCUT2D eigenvalue weighted by atomic mass is 35.5. The normalized spacial score (nSPS) is 11.6. The van der Waals surface area contributed by atoms with Gasteiger partial charge in [-0.2, -0.15) is 0 Å². The van der Waals surface area contributed by atoms with Gasteiger partial charge in [-0.1, -0.05) is 41.4 Å². The number of pyridine rings is 1. The highest BCUT2D eigenvalue weighted by Gasteiger charge is 2.16. The van der Waals surface area contributed by atoms with Crippen molar-refractivity contribution in [1.29, 1.82) is 0 Å². The molecule has 0 saturated heterocycles. The van der Waals surface area contributed by atoms with E-state index in [9.17, 15) is 4.79 Å². The molecule has 1 aromatic heterocycles. The number of nitrogens with one attached hydrogen (secondary N) is 1. The van der Waals surface area contributed by atoms with Crippen LogP contribution in [-0.4, -0.2) is 24.1 Å². The zero-order valence-electron chi connectivity index (χ0n) is 17.4. The van der Waals surface area contributed by atoms with Crippen LogP contribution in [0.1, 0.15) is 30.9 Å². The summed E-state index contributed by atoms with van der Waals surface area (Å²) in [4.78, 5) is 16.2. The standard InChI is InChI=1S/C24H24Cl2N2O3/c1-3-30-24(29)16(2)18-5-8-20(9-6-18)31-23-11-7-19(15-28-23)27-13-12-17-4-10-21(25)22(26)14-17/h4-11,14-16,27H,3,12-13H2,1-2H3. The number of hydrogen-bond acceptors (Lipinski definition) is 5. The molecule has 0 saturated carbocycles. The molecule has 1 heterocycles. The first-order valence-electron chi connectivity index (χ1n) is 10.0. The molecule has 1 N–H and O–H groups in total. The predicted molar refractivity (Wildman–Crippen MR) is 124 cm³/mol. The van der Waals surface area contributed by atoms with Gasteiger partial charge in [-0.3, -0.25) is 4.79 Å². The van der Waals surface area contributed by atoms with E-state index in [4.69, 9.17) is 32.7 Å². The molecule has 3 aromatic rings. The maximum absolute atomic E-state index is 11.9. The van der Waals surface area contributed by atoms with E-state index in [1.807, 2.05) is 49.4 Å². The minimum Gasteiger partial charge on any atom is -0.466 e. The topological polar surface area (TPSA) is 60.5 Å². The van der Waals surface area contributed by atoms with Crippen molar-refractivity contribution >= 4 is 34.9 Å². The number of hydrogen-bond donors (Lipinski definition) is 1. The van der Waals surface area contributed by atoms with Crippen molar-refractivity contribution in [3.63, 3.8) is 0 Å². The number of carbonyl (C=O) groups is 1. The summed E-state index contributed by atoms with van der Waals surface area (Å²) in [6.45, 7) is 4.73. The summed E-state index contributed by atoms with van der Waals surface area (Å²) in [5.41, 5.74) is 2.88. The quantitative estimate of drug-likeness (QED) is 0.370. The number of esters is 1. The van der Waals surface area contributed by atoms with E-state index in [1.165, 1.54) is 0 Å². The van der Waals surface area contributed by atoms with Crippen molar-refractivity contribution in [2.75, 3.05) is 18.5 Å². The van der Waals surface area contributed by atoms with Crippen molar-refractivity contribution in [2.24, 2.45) is 0 Å². The van der Waals surface area contributed by atoms with Gasteiger partial charge in [0.15, 0.2) is 0 Å². The van der Waals surface area contributed by atoms with Crippen molar-refractivity contribution in [1.82, 2.24) is 4.98 Å². The van der Waals surface area contributed by atoms with Gasteiger partial charge in [0.25, 0.3) is 0 Å². The van der Waals surface area contributed by atoms with Crippen LogP contribution in [0.5, 0.6) is 11.6 Å². The molecule has 0 spiro atoms. The second-order valence-corrected chi connectivity index (χ2v) is 7.77. The first kappa shape index (κ1) is 22.9. The Morgan fingerprint density at radius 3 is 2.48 bits per heavy atom. The van der Waals surface area contributed by atoms with E-state index in [2.05, 4.69) is 10.3 Å². The Bertz CT molecular complexity index is 1010. The van der Waals surface area contributed by atoms with Crippen LogP contribution in [0.2, 0.25) is 10.0 Å². The van der Waals surface area contributed by atoms with Gasteiger partial charge in [-0.15, -0.1) is 0 Å². The van der Waals surface area contributed by atoms with E-state index >= 15 is 0 Å². The molecule has 7 heteroatoms. The van der Waals surface area contributed by atoms with E-state index in [0.717, 1.165) is 29.8 Å². The number of halogens is 2. The largest absolute Gasteiger partial charge is 0.466 e. The van der Waals surface area contributed by atoms with Gasteiger partial charge in [0.05, 0.1) is 34.5 Å². The molecular formula is C24H24Cl2N2O3. The average Bonchev–Trinajstić information content (AvgIpc) is 2.77. The SMILES string of the molecule is CCOC(=O)C(C)c1ccc(Oc2ccc(NCCc3ccc(Cl)c(Cl)c3)cn2)cc1. The van der Waals surface area contributed by atoms with Crippen molar-refractivity contribution in [2.45, 2.75) is 26.2 Å². The highest BCUT2D eigenvalue weighted by Crippen LogP contribution is 2.25. The molecule has 1 atom stereocenters. The fourth-order valence-corrected chi connectivity index (χ4v) is 3.26. The molecule has 0 amide bonds. The molecule has 162 valence electrons. The molecule has 31 heavy (non-hydrogen) atoms. The lowest BCUT2D eigenvalue weighted by Crippen LogP contribution is -2.12. The number of rotatable bonds is 9. The van der Waals surface area contributed by atoms with Crippen molar-refractivity contribution in [3.8, 4) is 11.6 Å². The molecular weight excluding hydrogens is 435 g/mol. The van der Waals surface area contributed by atoms with Crippen molar-refractivity contribution < 1.29 is 14.3 Å². The molecule has 5 nitrogen and oxygen atoms in total. The van der Waals surface area contributed by atoms with Crippen molar-refractivity contribution in [3.05, 3.63) is 82.0 Å². The van der Waals surface area contributed by atoms with Crippen LogP contribution in [0.3, 0.4) is 0 Å². The Balaban J connectivity index is 1.50.